The molecule has 0 fully saturated rings. The van der Waals surface area contributed by atoms with E-state index in [1.54, 1.807) is 24.3 Å². The van der Waals surface area contributed by atoms with Crippen LogP contribution in [0.15, 0.2) is 36.4 Å². The lowest BCUT2D eigenvalue weighted by atomic mass is 10.0. The van der Waals surface area contributed by atoms with Gasteiger partial charge in [-0.25, -0.2) is 0 Å². The van der Waals surface area contributed by atoms with Crippen molar-refractivity contribution >= 4 is 29.0 Å². The van der Waals surface area contributed by atoms with Crippen molar-refractivity contribution in [3.05, 3.63) is 52.0 Å². The van der Waals surface area contributed by atoms with Crippen LogP contribution in [0.1, 0.15) is 17.3 Å². The molecule has 98 valence electrons. The molecule has 2 aromatic rings. The minimum absolute atomic E-state index is 0.0392. The molecule has 0 atom stereocenters. The third kappa shape index (κ3) is 2.91. The van der Waals surface area contributed by atoms with Gasteiger partial charge in [-0.15, -0.1) is 0 Å². The molecule has 0 bridgehead atoms. The van der Waals surface area contributed by atoms with Crippen LogP contribution in [0.2, 0.25) is 10.0 Å². The van der Waals surface area contributed by atoms with Crippen molar-refractivity contribution in [3.63, 3.8) is 0 Å². The molecule has 0 heterocycles. The normalized spacial score (nSPS) is 10.3. The highest BCUT2D eigenvalue weighted by molar-refractivity contribution is 6.37. The van der Waals surface area contributed by atoms with Crippen molar-refractivity contribution < 1.29 is 9.53 Å². The second-order valence-corrected chi connectivity index (χ2v) is 4.92. The molecule has 0 N–H and O–H groups in total. The molecule has 2 rings (SSSR count). The average Bonchev–Trinajstić information content (AvgIpc) is 2.38. The highest BCUT2D eigenvalue weighted by atomic mass is 35.5. The monoisotopic (exact) mass is 294 g/mol. The number of benzene rings is 2. The van der Waals surface area contributed by atoms with Gasteiger partial charge in [0.05, 0.1) is 17.2 Å². The first-order valence-corrected chi connectivity index (χ1v) is 6.43. The quantitative estimate of drug-likeness (QED) is 0.755. The van der Waals surface area contributed by atoms with E-state index in [0.717, 1.165) is 11.1 Å². The maximum atomic E-state index is 11.2. The van der Waals surface area contributed by atoms with Crippen LogP contribution in [0.25, 0.3) is 11.1 Å². The van der Waals surface area contributed by atoms with E-state index in [1.165, 1.54) is 14.0 Å². The summed E-state index contributed by atoms with van der Waals surface area (Å²) in [6.07, 6.45) is 0. The molecule has 0 saturated carbocycles. The van der Waals surface area contributed by atoms with E-state index in [-0.39, 0.29) is 5.78 Å². The van der Waals surface area contributed by atoms with Crippen LogP contribution < -0.4 is 4.74 Å². The molecule has 0 aliphatic carbocycles. The Labute approximate surface area is 121 Å². The van der Waals surface area contributed by atoms with E-state index in [2.05, 4.69) is 0 Å². The first-order chi connectivity index (χ1) is 9.02. The van der Waals surface area contributed by atoms with Crippen molar-refractivity contribution in [1.82, 2.24) is 0 Å². The number of hydrogen-bond donors (Lipinski definition) is 0. The van der Waals surface area contributed by atoms with E-state index in [4.69, 9.17) is 27.9 Å². The van der Waals surface area contributed by atoms with Gasteiger partial charge in [-0.1, -0.05) is 47.5 Å². The molecule has 0 saturated heterocycles. The number of ketones is 1. The fraction of sp³-hybridized carbons (Fsp3) is 0.133. The summed E-state index contributed by atoms with van der Waals surface area (Å²) in [4.78, 5) is 11.2. The maximum absolute atomic E-state index is 11.2. The van der Waals surface area contributed by atoms with Crippen molar-refractivity contribution in [2.75, 3.05) is 7.11 Å². The fourth-order valence-corrected chi connectivity index (χ4v) is 2.46. The number of hydrogen-bond acceptors (Lipinski definition) is 2. The van der Waals surface area contributed by atoms with Crippen LogP contribution in [0, 0.1) is 0 Å². The highest BCUT2D eigenvalue weighted by Gasteiger charge is 2.10. The van der Waals surface area contributed by atoms with Crippen LogP contribution in [-0.4, -0.2) is 12.9 Å². The lowest BCUT2D eigenvalue weighted by molar-refractivity contribution is 0.101. The Kier molecular flexibility index (Phi) is 4.13. The van der Waals surface area contributed by atoms with Gasteiger partial charge in [0.15, 0.2) is 11.5 Å². The second-order valence-electron chi connectivity index (χ2n) is 4.11. The van der Waals surface area contributed by atoms with Gasteiger partial charge in [0, 0.05) is 5.56 Å². The molecule has 0 aromatic heterocycles. The zero-order valence-corrected chi connectivity index (χ0v) is 12.0. The number of halogens is 2. The van der Waals surface area contributed by atoms with Crippen molar-refractivity contribution in [2.45, 2.75) is 6.92 Å². The van der Waals surface area contributed by atoms with Crippen molar-refractivity contribution in [2.24, 2.45) is 0 Å². The zero-order chi connectivity index (χ0) is 14.0. The van der Waals surface area contributed by atoms with E-state index in [1.807, 2.05) is 12.1 Å². The Morgan fingerprint density at radius 3 is 1.95 bits per heavy atom. The molecule has 4 heteroatoms. The summed E-state index contributed by atoms with van der Waals surface area (Å²) in [7, 11) is 1.52. The first kappa shape index (κ1) is 13.9. The van der Waals surface area contributed by atoms with E-state index in [0.29, 0.717) is 21.4 Å². The zero-order valence-electron chi connectivity index (χ0n) is 10.5. The molecular formula is C15H12Cl2O2. The van der Waals surface area contributed by atoms with Crippen LogP contribution in [0.4, 0.5) is 0 Å². The molecular weight excluding hydrogens is 283 g/mol. The Morgan fingerprint density at radius 1 is 1.00 bits per heavy atom. The minimum Gasteiger partial charge on any atom is -0.494 e. The predicted octanol–water partition coefficient (Wildman–Crippen LogP) is 4.87. The van der Waals surface area contributed by atoms with Crippen molar-refractivity contribution in [3.8, 4) is 16.9 Å². The molecule has 0 aliphatic heterocycles. The Hall–Kier alpha value is -1.51. The van der Waals surface area contributed by atoms with Crippen molar-refractivity contribution in [1.29, 1.82) is 0 Å². The van der Waals surface area contributed by atoms with E-state index in [9.17, 15) is 4.79 Å². The Morgan fingerprint density at radius 2 is 1.53 bits per heavy atom. The smallest absolute Gasteiger partial charge is 0.159 e. The third-order valence-electron chi connectivity index (χ3n) is 2.83. The number of carbonyl (C=O) groups excluding carboxylic acids is 1. The lowest BCUT2D eigenvalue weighted by Gasteiger charge is -2.09. The number of carbonyl (C=O) groups is 1. The standard InChI is InChI=1S/C15H12Cl2O2/c1-9(18)10-3-5-11(6-4-10)12-7-13(16)15(19-2)14(17)8-12/h3-8H,1-2H3. The number of ether oxygens (including phenoxy) is 1. The largest absolute Gasteiger partial charge is 0.494 e. The van der Waals surface area contributed by atoms with Crippen LogP contribution in [0.3, 0.4) is 0 Å². The summed E-state index contributed by atoms with van der Waals surface area (Å²) in [6, 6.07) is 10.9. The Balaban J connectivity index is 2.44. The SMILES string of the molecule is COc1c(Cl)cc(-c2ccc(C(C)=O)cc2)cc1Cl. The predicted molar refractivity (Wildman–Crippen MR) is 78.5 cm³/mol. The van der Waals surface area contributed by atoms with E-state index < -0.39 is 0 Å². The first-order valence-electron chi connectivity index (χ1n) is 5.67. The molecule has 0 aliphatic rings. The molecule has 0 unspecified atom stereocenters. The van der Waals surface area contributed by atoms with Crippen LogP contribution >= 0.6 is 23.2 Å². The number of Topliss-reactive ketones (excluding diaryl/α,β-unsaturated/α-hetero) is 1. The molecule has 2 nitrogen and oxygen atoms in total. The summed E-state index contributed by atoms with van der Waals surface area (Å²) in [5.41, 5.74) is 2.50. The van der Waals surface area contributed by atoms with Gasteiger partial charge in [-0.05, 0) is 30.2 Å². The van der Waals surface area contributed by atoms with Gasteiger partial charge in [0.25, 0.3) is 0 Å². The van der Waals surface area contributed by atoms with Gasteiger partial charge in [-0.2, -0.15) is 0 Å². The molecule has 2 aromatic carbocycles. The highest BCUT2D eigenvalue weighted by Crippen LogP contribution is 2.37. The van der Waals surface area contributed by atoms with Crippen LogP contribution in [0.5, 0.6) is 5.75 Å². The second kappa shape index (κ2) is 5.64. The van der Waals surface area contributed by atoms with Gasteiger partial charge in [0.1, 0.15) is 0 Å². The summed E-state index contributed by atoms with van der Waals surface area (Å²) in [5.74, 6) is 0.504. The van der Waals surface area contributed by atoms with Gasteiger partial charge in [0.2, 0.25) is 0 Å². The summed E-state index contributed by atoms with van der Waals surface area (Å²) in [6.45, 7) is 1.54. The number of rotatable bonds is 3. The van der Waals surface area contributed by atoms with Gasteiger partial charge in [-0.3, -0.25) is 4.79 Å². The third-order valence-corrected chi connectivity index (χ3v) is 3.39. The molecule has 0 amide bonds. The van der Waals surface area contributed by atoms with E-state index >= 15 is 0 Å². The Bertz CT molecular complexity index is 596. The molecule has 0 spiro atoms. The van der Waals surface area contributed by atoms with Gasteiger partial charge < -0.3 is 4.74 Å². The topological polar surface area (TPSA) is 26.3 Å². The lowest BCUT2D eigenvalue weighted by Crippen LogP contribution is -1.91. The fourth-order valence-electron chi connectivity index (χ4n) is 1.82. The summed E-state index contributed by atoms with van der Waals surface area (Å²) < 4.78 is 5.11. The average molecular weight is 295 g/mol. The summed E-state index contributed by atoms with van der Waals surface area (Å²) in [5, 5.41) is 0.918. The summed E-state index contributed by atoms with van der Waals surface area (Å²) >= 11 is 12.2. The molecule has 0 radical (unpaired) electrons. The maximum Gasteiger partial charge on any atom is 0.159 e. The molecule has 19 heavy (non-hydrogen) atoms. The minimum atomic E-state index is 0.0392. The van der Waals surface area contributed by atoms with Crippen LogP contribution in [-0.2, 0) is 0 Å². The van der Waals surface area contributed by atoms with Gasteiger partial charge >= 0.3 is 0 Å². The number of methoxy groups -OCH3 is 1.